The van der Waals surface area contributed by atoms with Crippen LogP contribution in [0, 0.1) is 13.8 Å². The number of para-hydroxylation sites is 1. The number of nitrogens with zero attached hydrogens (tertiary/aromatic N) is 2. The second kappa shape index (κ2) is 18.7. The molecule has 0 radical (unpaired) electrons. The zero-order chi connectivity index (χ0) is 40.4. The van der Waals surface area contributed by atoms with Gasteiger partial charge in [-0.05, 0) is 120 Å². The second-order valence-electron chi connectivity index (χ2n) is 14.6. The predicted molar refractivity (Wildman–Crippen MR) is 225 cm³/mol. The van der Waals surface area contributed by atoms with Crippen molar-refractivity contribution in [2.45, 2.75) is 64.8 Å². The van der Waals surface area contributed by atoms with Gasteiger partial charge in [0, 0.05) is 31.0 Å². The molecule has 6 aromatic rings. The van der Waals surface area contributed by atoms with Crippen LogP contribution in [0.1, 0.15) is 64.6 Å². The molecule has 2 aliphatic heterocycles. The van der Waals surface area contributed by atoms with Crippen LogP contribution in [0.2, 0.25) is 0 Å². The molecule has 0 saturated carbocycles. The zero-order valence-electron chi connectivity index (χ0n) is 33.1. The van der Waals surface area contributed by atoms with Crippen LogP contribution in [0.25, 0.3) is 11.1 Å². The van der Waals surface area contributed by atoms with Gasteiger partial charge in [-0.25, -0.2) is 0 Å². The fourth-order valence-electron chi connectivity index (χ4n) is 7.87. The number of fused-ring (bicyclic) bond motifs is 2. The summed E-state index contributed by atoms with van der Waals surface area (Å²) < 4.78 is 18.9. The highest BCUT2D eigenvalue weighted by atomic mass is 16.6. The van der Waals surface area contributed by atoms with Gasteiger partial charge in [0.25, 0.3) is 6.47 Å². The Morgan fingerprint density at radius 1 is 0.897 bits per heavy atom. The number of aromatic nitrogens is 1. The van der Waals surface area contributed by atoms with Crippen LogP contribution in [-0.4, -0.2) is 46.6 Å². The number of nitrogens with one attached hydrogen (secondary N) is 1. The van der Waals surface area contributed by atoms with Gasteiger partial charge in [-0.1, -0.05) is 91.9 Å². The Kier molecular flexibility index (Phi) is 12.8. The van der Waals surface area contributed by atoms with Crippen LogP contribution in [-0.2, 0) is 29.0 Å². The summed E-state index contributed by atoms with van der Waals surface area (Å²) in [6, 6.07) is 43.0. The third kappa shape index (κ3) is 9.22. The number of pyridine rings is 1. The minimum atomic E-state index is -0.329. The summed E-state index contributed by atoms with van der Waals surface area (Å²) in [7, 11) is 0. The predicted octanol–water partition coefficient (Wildman–Crippen LogP) is 9.61. The first-order valence-electron chi connectivity index (χ1n) is 19.8. The van der Waals surface area contributed by atoms with Gasteiger partial charge in [-0.2, -0.15) is 0 Å². The van der Waals surface area contributed by atoms with E-state index in [1.807, 2.05) is 73.8 Å². The minimum Gasteiger partial charge on any atom is -0.485 e. The lowest BCUT2D eigenvalue weighted by atomic mass is 9.89. The van der Waals surface area contributed by atoms with Crippen molar-refractivity contribution in [2.24, 2.45) is 0 Å². The molecule has 0 saturated heterocycles. The summed E-state index contributed by atoms with van der Waals surface area (Å²) in [5.41, 5.74) is 10.3. The molecule has 9 nitrogen and oxygen atoms in total. The number of aryl methyl sites for hydroxylation is 1. The summed E-state index contributed by atoms with van der Waals surface area (Å²) in [5, 5.41) is 10.2. The highest BCUT2D eigenvalue weighted by molar-refractivity contribution is 5.82. The minimum absolute atomic E-state index is 0.0502. The maximum absolute atomic E-state index is 14.2. The first-order chi connectivity index (χ1) is 28.3. The Hall–Kier alpha value is -6.45. The molecule has 0 spiro atoms. The van der Waals surface area contributed by atoms with Crippen LogP contribution in [0.5, 0.6) is 23.0 Å². The smallest absolute Gasteiger partial charge is 0.290 e. The van der Waals surface area contributed by atoms with E-state index < -0.39 is 0 Å². The third-order valence-electron chi connectivity index (χ3n) is 11.0. The van der Waals surface area contributed by atoms with E-state index in [1.165, 1.54) is 27.8 Å². The van der Waals surface area contributed by atoms with Crippen molar-refractivity contribution in [3.8, 4) is 34.1 Å². The largest absolute Gasteiger partial charge is 0.485 e. The number of amides is 1. The normalized spacial score (nSPS) is 16.2. The fraction of sp³-hybridized carbons (Fsp3) is 0.245. The first-order valence-corrected chi connectivity index (χ1v) is 19.8. The molecule has 58 heavy (non-hydrogen) atoms. The van der Waals surface area contributed by atoms with E-state index in [2.05, 4.69) is 95.8 Å². The Labute approximate surface area is 340 Å². The van der Waals surface area contributed by atoms with E-state index in [0.29, 0.717) is 26.1 Å². The summed E-state index contributed by atoms with van der Waals surface area (Å²) in [6.45, 7) is 7.70. The molecular weight excluding hydrogens is 727 g/mol. The number of hydrogen-bond donors (Lipinski definition) is 2. The van der Waals surface area contributed by atoms with Gasteiger partial charge >= 0.3 is 0 Å². The second-order valence-corrected chi connectivity index (χ2v) is 14.6. The van der Waals surface area contributed by atoms with Crippen LogP contribution in [0.4, 0.5) is 0 Å². The fourth-order valence-corrected chi connectivity index (χ4v) is 7.87. The molecule has 5 aromatic carbocycles. The maximum Gasteiger partial charge on any atom is 0.290 e. The average Bonchev–Trinajstić information content (AvgIpc) is 3.25. The van der Waals surface area contributed by atoms with Crippen molar-refractivity contribution in [1.29, 1.82) is 0 Å². The van der Waals surface area contributed by atoms with Crippen LogP contribution >= 0.6 is 0 Å². The molecule has 0 aliphatic carbocycles. The Balaban J connectivity index is 0.00000166. The van der Waals surface area contributed by atoms with Crippen LogP contribution in [0.3, 0.4) is 0 Å². The van der Waals surface area contributed by atoms with Crippen LogP contribution in [0.15, 0.2) is 134 Å². The number of carbonyl (C=O) groups excluding carboxylic acids is 1. The number of hydrogen-bond acceptors (Lipinski definition) is 7. The Morgan fingerprint density at radius 2 is 1.57 bits per heavy atom. The number of carbonyl (C=O) groups is 2. The monoisotopic (exact) mass is 775 g/mol. The lowest BCUT2D eigenvalue weighted by Crippen LogP contribution is -2.51. The van der Waals surface area contributed by atoms with E-state index >= 15 is 0 Å². The summed E-state index contributed by atoms with van der Waals surface area (Å²) in [6.07, 6.45) is 3.84. The van der Waals surface area contributed by atoms with Crippen molar-refractivity contribution in [2.75, 3.05) is 13.2 Å². The average molecular weight is 776 g/mol. The standard InChI is InChI=1S/C48H47N3O4.CH2O2/c1-4-43(36-11-7-5-8-12-36)51-30-39-29-46-45(53-31-47(55-46)37-19-21-41(22-20-37)54-40-13-9-6-10-14-40)28-38(39)27-44(51)48(52)50-25-23-34-15-17-35(18-16-34)42-24-26-49-33(3)32(42)2;2-1-3/h5-22,24,26,28-29,43-44,47H,4,23,25,27,30-31H2,1-3H3,(H,50,52);1H,(H,2,3). The SMILES string of the molecule is CCC(c1ccccc1)N1Cc2cc3c(cc2CC1C(=O)NCCc1ccc(-c2ccnc(C)c2C)cc1)OCC(c1ccc(Oc2ccccc2)cc1)O3.O=CO. The highest BCUT2D eigenvalue weighted by Crippen LogP contribution is 2.42. The van der Waals surface area contributed by atoms with E-state index in [-0.39, 0.29) is 30.6 Å². The van der Waals surface area contributed by atoms with Gasteiger partial charge in [0.15, 0.2) is 17.6 Å². The molecule has 0 bridgehead atoms. The number of carboxylic acid groups (broad SMARTS) is 1. The van der Waals surface area contributed by atoms with Crippen molar-refractivity contribution in [3.63, 3.8) is 0 Å². The lowest BCUT2D eigenvalue weighted by molar-refractivity contribution is -0.128. The molecular formula is C49H49N3O6. The van der Waals surface area contributed by atoms with Crippen molar-refractivity contribution < 1.29 is 28.9 Å². The molecule has 3 atom stereocenters. The highest BCUT2D eigenvalue weighted by Gasteiger charge is 2.37. The van der Waals surface area contributed by atoms with Crippen molar-refractivity contribution >= 4 is 12.4 Å². The molecule has 1 aromatic heterocycles. The molecule has 8 rings (SSSR count). The van der Waals surface area contributed by atoms with E-state index in [1.54, 1.807) is 0 Å². The van der Waals surface area contributed by atoms with Gasteiger partial charge in [-0.15, -0.1) is 0 Å². The maximum atomic E-state index is 14.2. The Morgan fingerprint density at radius 3 is 2.28 bits per heavy atom. The van der Waals surface area contributed by atoms with Gasteiger partial charge in [0.2, 0.25) is 5.91 Å². The topological polar surface area (TPSA) is 110 Å². The van der Waals surface area contributed by atoms with Gasteiger partial charge in [-0.3, -0.25) is 19.5 Å². The molecule has 3 unspecified atom stereocenters. The molecule has 1 amide bonds. The van der Waals surface area contributed by atoms with Crippen molar-refractivity contribution in [3.05, 3.63) is 173 Å². The molecule has 2 N–H and O–H groups in total. The van der Waals surface area contributed by atoms with Crippen LogP contribution < -0.4 is 19.5 Å². The van der Waals surface area contributed by atoms with Gasteiger partial charge in [0.05, 0.1) is 6.04 Å². The quantitative estimate of drug-likeness (QED) is 0.125. The molecule has 3 heterocycles. The molecule has 9 heteroatoms. The number of benzene rings is 5. The van der Waals surface area contributed by atoms with Gasteiger partial charge in [0.1, 0.15) is 18.1 Å². The molecule has 0 fully saturated rings. The summed E-state index contributed by atoms with van der Waals surface area (Å²) in [5.74, 6) is 3.07. The molecule has 296 valence electrons. The van der Waals surface area contributed by atoms with E-state index in [0.717, 1.165) is 58.2 Å². The first kappa shape index (κ1) is 39.8. The summed E-state index contributed by atoms with van der Waals surface area (Å²) in [4.78, 5) is 29.3. The number of ether oxygens (including phenoxy) is 3. The van der Waals surface area contributed by atoms with Gasteiger partial charge < -0.3 is 24.6 Å². The van der Waals surface area contributed by atoms with E-state index in [9.17, 15) is 4.79 Å². The summed E-state index contributed by atoms with van der Waals surface area (Å²) >= 11 is 0. The van der Waals surface area contributed by atoms with E-state index in [4.69, 9.17) is 24.1 Å². The Bertz CT molecular complexity index is 2300. The third-order valence-corrected chi connectivity index (χ3v) is 11.0. The van der Waals surface area contributed by atoms with Crippen molar-refractivity contribution in [1.82, 2.24) is 15.2 Å². The molecule has 2 aliphatic rings. The zero-order valence-corrected chi connectivity index (χ0v) is 33.1. The lowest BCUT2D eigenvalue weighted by Gasteiger charge is -2.41. The number of rotatable bonds is 11.